The molecule has 0 saturated carbocycles. The first-order valence-electron chi connectivity index (χ1n) is 2.50. The SMILES string of the molecule is O=C(O)CCC(=O)C(=O)[Se]. The molecule has 0 aliphatic rings. The molecule has 1 radical (unpaired) electrons. The summed E-state index contributed by atoms with van der Waals surface area (Å²) in [5.41, 5.74) is 0. The van der Waals surface area contributed by atoms with Crippen molar-refractivity contribution in [3.63, 3.8) is 0 Å². The number of carboxylic acid groups (broad SMARTS) is 1. The van der Waals surface area contributed by atoms with Crippen molar-refractivity contribution in [1.29, 1.82) is 0 Å². The van der Waals surface area contributed by atoms with Gasteiger partial charge in [-0.15, -0.1) is 0 Å². The number of carboxylic acids is 1. The number of carbonyl (C=O) groups is 3. The zero-order valence-electron chi connectivity index (χ0n) is 4.99. The fourth-order valence-electron chi connectivity index (χ4n) is 0.323. The average Bonchev–Trinajstić information content (AvgIpc) is 1.82. The van der Waals surface area contributed by atoms with Gasteiger partial charge in [-0.05, 0) is 0 Å². The number of hydrogen-bond acceptors (Lipinski definition) is 3. The summed E-state index contributed by atoms with van der Waals surface area (Å²) in [7, 11) is 0. The molecular formula is C5H5O4Se. The van der Waals surface area contributed by atoms with Crippen molar-refractivity contribution in [2.45, 2.75) is 12.8 Å². The third kappa shape index (κ3) is 4.23. The van der Waals surface area contributed by atoms with E-state index in [-0.39, 0.29) is 12.8 Å². The molecule has 5 heteroatoms. The van der Waals surface area contributed by atoms with Crippen LogP contribution in [-0.2, 0) is 14.4 Å². The molecule has 0 aliphatic heterocycles. The third-order valence-electron chi connectivity index (χ3n) is 0.794. The first-order chi connectivity index (χ1) is 4.54. The van der Waals surface area contributed by atoms with Crippen molar-refractivity contribution >= 4 is 32.4 Å². The van der Waals surface area contributed by atoms with Crippen molar-refractivity contribution in [2.75, 3.05) is 0 Å². The van der Waals surface area contributed by atoms with Gasteiger partial charge in [-0.3, -0.25) is 0 Å². The van der Waals surface area contributed by atoms with Gasteiger partial charge in [0.1, 0.15) is 0 Å². The Labute approximate surface area is 65.4 Å². The van der Waals surface area contributed by atoms with E-state index in [4.69, 9.17) is 5.11 Å². The molecule has 55 valence electrons. The van der Waals surface area contributed by atoms with Crippen LogP contribution in [0, 0.1) is 0 Å². The van der Waals surface area contributed by atoms with E-state index in [1.165, 1.54) is 0 Å². The Morgan fingerprint density at radius 2 is 1.70 bits per heavy atom. The number of hydrogen-bond donors (Lipinski definition) is 1. The van der Waals surface area contributed by atoms with Crippen molar-refractivity contribution in [1.82, 2.24) is 0 Å². The Kier molecular flexibility index (Phi) is 3.91. The van der Waals surface area contributed by atoms with Crippen molar-refractivity contribution in [3.05, 3.63) is 0 Å². The Morgan fingerprint density at radius 1 is 1.20 bits per heavy atom. The molecule has 0 heterocycles. The molecule has 0 aromatic carbocycles. The Morgan fingerprint density at radius 3 is 2.00 bits per heavy atom. The molecule has 1 N–H and O–H groups in total. The zero-order chi connectivity index (χ0) is 8.15. The minimum atomic E-state index is -1.07. The maximum absolute atomic E-state index is 10.4. The second kappa shape index (κ2) is 4.19. The minimum absolute atomic E-state index is 0.221. The van der Waals surface area contributed by atoms with Gasteiger partial charge in [0.25, 0.3) is 0 Å². The molecule has 0 aromatic heterocycles. The molecule has 0 atom stereocenters. The average molecular weight is 208 g/mol. The monoisotopic (exact) mass is 209 g/mol. The second-order valence-electron chi connectivity index (χ2n) is 1.60. The number of ketones is 1. The van der Waals surface area contributed by atoms with Gasteiger partial charge >= 0.3 is 64.8 Å². The van der Waals surface area contributed by atoms with Crippen LogP contribution in [-0.4, -0.2) is 37.6 Å². The Balaban J connectivity index is 3.60. The van der Waals surface area contributed by atoms with Gasteiger partial charge < -0.3 is 0 Å². The number of aliphatic carboxylic acids is 1. The maximum atomic E-state index is 10.4. The van der Waals surface area contributed by atoms with Gasteiger partial charge in [-0.1, -0.05) is 0 Å². The summed E-state index contributed by atoms with van der Waals surface area (Å²) in [6, 6.07) is 0. The van der Waals surface area contributed by atoms with Gasteiger partial charge in [0.05, 0.1) is 0 Å². The molecule has 0 spiro atoms. The molecule has 0 aliphatic carbocycles. The molecule has 4 nitrogen and oxygen atoms in total. The molecule has 0 aromatic rings. The van der Waals surface area contributed by atoms with E-state index in [1.54, 1.807) is 0 Å². The van der Waals surface area contributed by atoms with E-state index < -0.39 is 16.4 Å². The van der Waals surface area contributed by atoms with Crippen LogP contribution >= 0.6 is 0 Å². The van der Waals surface area contributed by atoms with Gasteiger partial charge in [-0.2, -0.15) is 0 Å². The van der Waals surface area contributed by atoms with Gasteiger partial charge in [0.2, 0.25) is 0 Å². The summed E-state index contributed by atoms with van der Waals surface area (Å²) in [4.78, 5) is 30.4. The number of carbonyl (C=O) groups excluding carboxylic acids is 2. The van der Waals surface area contributed by atoms with E-state index in [0.717, 1.165) is 0 Å². The Bertz CT molecular complexity index is 174. The zero-order valence-corrected chi connectivity index (χ0v) is 6.71. The van der Waals surface area contributed by atoms with Crippen LogP contribution in [0.2, 0.25) is 0 Å². The normalized spacial score (nSPS) is 8.80. The third-order valence-corrected chi connectivity index (χ3v) is 1.27. The van der Waals surface area contributed by atoms with Crippen LogP contribution in [0.1, 0.15) is 12.8 Å². The number of Topliss-reactive ketones (excluding diaryl/α,β-unsaturated/α-hetero) is 1. The first-order valence-corrected chi connectivity index (χ1v) is 3.35. The van der Waals surface area contributed by atoms with Crippen LogP contribution < -0.4 is 0 Å². The molecule has 10 heavy (non-hydrogen) atoms. The van der Waals surface area contributed by atoms with Gasteiger partial charge in [0.15, 0.2) is 0 Å². The predicted octanol–water partition coefficient (Wildman–Crippen LogP) is -0.885. The number of rotatable bonds is 4. The van der Waals surface area contributed by atoms with Crippen LogP contribution in [0.4, 0.5) is 0 Å². The van der Waals surface area contributed by atoms with E-state index in [1.807, 2.05) is 16.0 Å². The summed E-state index contributed by atoms with van der Waals surface area (Å²) in [6.45, 7) is 0. The van der Waals surface area contributed by atoms with Crippen LogP contribution in [0.15, 0.2) is 0 Å². The van der Waals surface area contributed by atoms with E-state index in [9.17, 15) is 14.4 Å². The molecule has 0 amide bonds. The molecule has 0 saturated heterocycles. The fourth-order valence-corrected chi connectivity index (χ4v) is 0.537. The summed E-state index contributed by atoms with van der Waals surface area (Å²) >= 11 is 1.98. The van der Waals surface area contributed by atoms with E-state index >= 15 is 0 Å². The quantitative estimate of drug-likeness (QED) is 0.480. The predicted molar refractivity (Wildman–Crippen MR) is 32.6 cm³/mol. The van der Waals surface area contributed by atoms with Crippen LogP contribution in [0.5, 0.6) is 0 Å². The molecule has 0 rings (SSSR count). The Hall–Kier alpha value is -0.671. The molecular weight excluding hydrogens is 203 g/mol. The molecule has 0 bridgehead atoms. The summed E-state index contributed by atoms with van der Waals surface area (Å²) < 4.78 is -0.707. The fraction of sp³-hybridized carbons (Fsp3) is 0.400. The van der Waals surface area contributed by atoms with E-state index in [0.29, 0.717) is 0 Å². The summed E-state index contributed by atoms with van der Waals surface area (Å²) in [5, 5.41) is 8.07. The molecule has 0 unspecified atom stereocenters. The first kappa shape index (κ1) is 9.33. The standard InChI is InChI=1S/C5H5O4Se/c6-3(5(9)10)1-2-4(7)8/h1-2H2,(H,7,8). The van der Waals surface area contributed by atoms with Gasteiger partial charge in [0, 0.05) is 0 Å². The van der Waals surface area contributed by atoms with Gasteiger partial charge in [-0.25, -0.2) is 0 Å². The van der Waals surface area contributed by atoms with Crippen molar-refractivity contribution < 1.29 is 19.5 Å². The van der Waals surface area contributed by atoms with Crippen LogP contribution in [0.25, 0.3) is 0 Å². The van der Waals surface area contributed by atoms with E-state index in [2.05, 4.69) is 0 Å². The molecule has 0 fully saturated rings. The summed E-state index contributed by atoms with van der Waals surface area (Å²) in [6.07, 6.45) is -0.507. The van der Waals surface area contributed by atoms with Crippen molar-refractivity contribution in [2.24, 2.45) is 0 Å². The topological polar surface area (TPSA) is 71.4 Å². The second-order valence-corrected chi connectivity index (χ2v) is 2.38. The summed E-state index contributed by atoms with van der Waals surface area (Å²) in [5.74, 6) is -1.75. The van der Waals surface area contributed by atoms with Crippen LogP contribution in [0.3, 0.4) is 0 Å². The van der Waals surface area contributed by atoms with Crippen molar-refractivity contribution in [3.8, 4) is 0 Å².